The first-order valence-corrected chi connectivity index (χ1v) is 12.5. The lowest BCUT2D eigenvalue weighted by Gasteiger charge is -2.09. The van der Waals surface area contributed by atoms with Crippen molar-refractivity contribution in [1.82, 2.24) is 14.7 Å². The number of anilines is 1. The molecule has 1 amide bonds. The molecule has 0 saturated heterocycles. The molecule has 3 rings (SSSR count). The maximum Gasteiger partial charge on any atom is 0.296 e. The van der Waals surface area contributed by atoms with Crippen molar-refractivity contribution in [2.24, 2.45) is 7.05 Å². The Kier molecular flexibility index (Phi) is 7.75. The molecule has 1 aromatic heterocycles. The van der Waals surface area contributed by atoms with Crippen LogP contribution >= 0.6 is 0 Å². The van der Waals surface area contributed by atoms with Gasteiger partial charge in [-0.25, -0.2) is 13.1 Å². The van der Waals surface area contributed by atoms with Crippen LogP contribution in [-0.2, 0) is 17.1 Å². The zero-order valence-corrected chi connectivity index (χ0v) is 20.0. The fourth-order valence-electron chi connectivity index (χ4n) is 3.52. The maximum absolute atomic E-state index is 13.0. The van der Waals surface area contributed by atoms with E-state index in [9.17, 15) is 18.0 Å². The fraction of sp³-hybridized carbons (Fsp3) is 0.333. The molecule has 0 fully saturated rings. The number of benzene rings is 2. The Morgan fingerprint density at radius 2 is 1.64 bits per heavy atom. The second-order valence-corrected chi connectivity index (χ2v) is 9.57. The summed E-state index contributed by atoms with van der Waals surface area (Å²) in [5.74, 6) is -0.243. The van der Waals surface area contributed by atoms with E-state index in [1.165, 1.54) is 28.9 Å². The zero-order chi connectivity index (χ0) is 24.0. The van der Waals surface area contributed by atoms with Crippen LogP contribution in [0.1, 0.15) is 48.7 Å². The number of aromatic nitrogens is 2. The molecule has 2 aromatic carbocycles. The third-order valence-electron chi connectivity index (χ3n) is 5.53. The zero-order valence-electron chi connectivity index (χ0n) is 19.2. The molecule has 0 atom stereocenters. The lowest BCUT2D eigenvalue weighted by molar-refractivity contribution is 0.0953. The highest BCUT2D eigenvalue weighted by atomic mass is 32.2. The molecule has 0 bridgehead atoms. The van der Waals surface area contributed by atoms with Crippen LogP contribution in [0.4, 0.5) is 5.69 Å². The summed E-state index contributed by atoms with van der Waals surface area (Å²) >= 11 is 0. The number of sulfonamides is 1. The molecule has 9 heteroatoms. The van der Waals surface area contributed by atoms with Gasteiger partial charge in [0.25, 0.3) is 21.5 Å². The minimum atomic E-state index is -4.02. The van der Waals surface area contributed by atoms with E-state index in [4.69, 9.17) is 0 Å². The van der Waals surface area contributed by atoms with Crippen LogP contribution in [0.2, 0.25) is 0 Å². The normalized spacial score (nSPS) is 11.4. The Labute approximate surface area is 194 Å². The van der Waals surface area contributed by atoms with E-state index in [0.29, 0.717) is 23.5 Å². The first-order valence-electron chi connectivity index (χ1n) is 11.0. The van der Waals surface area contributed by atoms with Gasteiger partial charge in [-0.15, -0.1) is 0 Å². The molecule has 0 radical (unpaired) electrons. The molecule has 33 heavy (non-hydrogen) atoms. The summed E-state index contributed by atoms with van der Waals surface area (Å²) in [5.41, 5.74) is 1.00. The smallest absolute Gasteiger partial charge is 0.296 e. The van der Waals surface area contributed by atoms with Gasteiger partial charge >= 0.3 is 0 Å². The number of carbonyl (C=O) groups is 1. The Balaban J connectivity index is 1.76. The van der Waals surface area contributed by atoms with Gasteiger partial charge in [-0.2, -0.15) is 0 Å². The van der Waals surface area contributed by atoms with Gasteiger partial charge < -0.3 is 5.32 Å². The summed E-state index contributed by atoms with van der Waals surface area (Å²) in [7, 11) is -2.33. The van der Waals surface area contributed by atoms with E-state index in [1.807, 2.05) is 6.07 Å². The quantitative estimate of drug-likeness (QED) is 0.442. The number of nitrogens with one attached hydrogen (secondary N) is 2. The van der Waals surface area contributed by atoms with E-state index in [2.05, 4.69) is 17.0 Å². The summed E-state index contributed by atoms with van der Waals surface area (Å²) < 4.78 is 31.3. The maximum atomic E-state index is 13.0. The van der Waals surface area contributed by atoms with Crippen molar-refractivity contribution in [2.75, 3.05) is 11.3 Å². The van der Waals surface area contributed by atoms with Gasteiger partial charge in [0.15, 0.2) is 0 Å². The second kappa shape index (κ2) is 10.5. The molecule has 0 aliphatic rings. The molecule has 0 aliphatic carbocycles. The molecule has 8 nitrogen and oxygen atoms in total. The van der Waals surface area contributed by atoms with Crippen molar-refractivity contribution in [1.29, 1.82) is 0 Å². The molecular formula is C24H30N4O4S. The fourth-order valence-corrected chi connectivity index (χ4v) is 4.64. The van der Waals surface area contributed by atoms with E-state index in [0.717, 1.165) is 25.7 Å². The van der Waals surface area contributed by atoms with Gasteiger partial charge in [-0.1, -0.05) is 44.4 Å². The third kappa shape index (κ3) is 5.54. The number of para-hydroxylation sites is 1. The average Bonchev–Trinajstić information content (AvgIpc) is 3.02. The highest BCUT2D eigenvalue weighted by molar-refractivity contribution is 7.92. The molecule has 176 valence electrons. The van der Waals surface area contributed by atoms with Crippen molar-refractivity contribution in [3.8, 4) is 5.69 Å². The molecular weight excluding hydrogens is 440 g/mol. The van der Waals surface area contributed by atoms with Crippen molar-refractivity contribution < 1.29 is 13.2 Å². The van der Waals surface area contributed by atoms with Gasteiger partial charge in [-0.05, 0) is 49.7 Å². The van der Waals surface area contributed by atoms with E-state index in [-0.39, 0.29) is 16.5 Å². The number of unbranched alkanes of at least 4 members (excludes halogenated alkanes) is 3. The molecule has 3 aromatic rings. The minimum Gasteiger partial charge on any atom is -0.352 e. The first kappa shape index (κ1) is 24.3. The van der Waals surface area contributed by atoms with Crippen LogP contribution in [0.25, 0.3) is 5.69 Å². The third-order valence-corrected chi connectivity index (χ3v) is 6.90. The highest BCUT2D eigenvalue weighted by Gasteiger charge is 2.22. The Morgan fingerprint density at radius 3 is 2.27 bits per heavy atom. The number of nitrogens with zero attached hydrogens (tertiary/aromatic N) is 2. The van der Waals surface area contributed by atoms with Crippen molar-refractivity contribution in [3.63, 3.8) is 0 Å². The Bertz CT molecular complexity index is 1260. The monoisotopic (exact) mass is 470 g/mol. The Hall–Kier alpha value is -3.33. The van der Waals surface area contributed by atoms with Crippen LogP contribution in [0.15, 0.2) is 64.3 Å². The largest absolute Gasteiger partial charge is 0.352 e. The van der Waals surface area contributed by atoms with Gasteiger partial charge in [0, 0.05) is 19.2 Å². The highest BCUT2D eigenvalue weighted by Crippen LogP contribution is 2.19. The lowest BCUT2D eigenvalue weighted by Crippen LogP contribution is -2.25. The standard InChI is InChI=1S/C24H30N4O4S/c1-4-5-6-10-17-25-23(29)19-13-15-21(16-14-19)33(31,32)26-22-18(2)27(3)28(24(22)30)20-11-8-7-9-12-20/h7-9,11-16,26H,4-6,10,17H2,1-3H3,(H,25,29). The predicted octanol–water partition coefficient (Wildman–Crippen LogP) is 3.60. The molecule has 0 unspecified atom stereocenters. The van der Waals surface area contributed by atoms with Gasteiger partial charge in [-0.3, -0.25) is 19.0 Å². The van der Waals surface area contributed by atoms with Crippen LogP contribution in [-0.4, -0.2) is 30.2 Å². The summed E-state index contributed by atoms with van der Waals surface area (Å²) in [6.45, 7) is 4.38. The van der Waals surface area contributed by atoms with Crippen molar-refractivity contribution >= 4 is 21.6 Å². The van der Waals surface area contributed by atoms with Gasteiger partial charge in [0.2, 0.25) is 0 Å². The summed E-state index contributed by atoms with van der Waals surface area (Å²) in [6.07, 6.45) is 4.23. The van der Waals surface area contributed by atoms with Crippen molar-refractivity contribution in [2.45, 2.75) is 44.4 Å². The summed E-state index contributed by atoms with van der Waals surface area (Å²) in [5, 5.41) is 2.84. The number of amides is 1. The van der Waals surface area contributed by atoms with E-state index >= 15 is 0 Å². The number of hydrogen-bond acceptors (Lipinski definition) is 4. The van der Waals surface area contributed by atoms with E-state index in [1.54, 1.807) is 42.9 Å². The molecule has 1 heterocycles. The second-order valence-electron chi connectivity index (χ2n) is 7.88. The average molecular weight is 471 g/mol. The summed E-state index contributed by atoms with van der Waals surface area (Å²) in [6, 6.07) is 14.6. The number of carbonyl (C=O) groups excluding carboxylic acids is 1. The molecule has 0 spiro atoms. The van der Waals surface area contributed by atoms with Crippen LogP contribution < -0.4 is 15.6 Å². The first-order chi connectivity index (χ1) is 15.8. The van der Waals surface area contributed by atoms with Crippen molar-refractivity contribution in [3.05, 3.63) is 76.2 Å². The topological polar surface area (TPSA) is 102 Å². The Morgan fingerprint density at radius 1 is 0.970 bits per heavy atom. The molecule has 0 saturated carbocycles. The minimum absolute atomic E-state index is 0.0183. The van der Waals surface area contributed by atoms with E-state index < -0.39 is 15.6 Å². The summed E-state index contributed by atoms with van der Waals surface area (Å²) in [4.78, 5) is 25.2. The van der Waals surface area contributed by atoms with Gasteiger partial charge in [0.1, 0.15) is 5.69 Å². The van der Waals surface area contributed by atoms with Crippen LogP contribution in [0.3, 0.4) is 0 Å². The molecule has 2 N–H and O–H groups in total. The predicted molar refractivity (Wildman–Crippen MR) is 129 cm³/mol. The number of hydrogen-bond donors (Lipinski definition) is 2. The lowest BCUT2D eigenvalue weighted by atomic mass is 10.2. The van der Waals surface area contributed by atoms with Crippen LogP contribution in [0, 0.1) is 6.92 Å². The SMILES string of the molecule is CCCCCCNC(=O)c1ccc(S(=O)(=O)Nc2c(C)n(C)n(-c3ccccc3)c2=O)cc1. The molecule has 0 aliphatic heterocycles. The van der Waals surface area contributed by atoms with Gasteiger partial charge in [0.05, 0.1) is 16.3 Å². The van der Waals surface area contributed by atoms with Crippen LogP contribution in [0.5, 0.6) is 0 Å². The number of rotatable bonds is 10.